The van der Waals surface area contributed by atoms with Gasteiger partial charge in [-0.2, -0.15) is 13.2 Å². The van der Waals surface area contributed by atoms with Gasteiger partial charge in [0.25, 0.3) is 0 Å². The summed E-state index contributed by atoms with van der Waals surface area (Å²) < 4.78 is 80.0. The van der Waals surface area contributed by atoms with E-state index in [2.05, 4.69) is 80.2 Å². The van der Waals surface area contributed by atoms with Crippen LogP contribution in [0.2, 0.25) is 0 Å². The summed E-state index contributed by atoms with van der Waals surface area (Å²) in [5, 5.41) is 27.5. The molecular formula is C47H49K3N2O12S4. The van der Waals surface area contributed by atoms with E-state index in [-0.39, 0.29) is 171 Å². The molecule has 68 heavy (non-hydrogen) atoms. The zero-order valence-corrected chi connectivity index (χ0v) is 51.8. The van der Waals surface area contributed by atoms with Gasteiger partial charge in [0, 0.05) is 75.9 Å². The van der Waals surface area contributed by atoms with E-state index >= 15 is 0 Å². The van der Waals surface area contributed by atoms with Crippen LogP contribution in [-0.4, -0.2) is 60.8 Å². The van der Waals surface area contributed by atoms with E-state index < -0.39 is 31.4 Å². The van der Waals surface area contributed by atoms with Crippen molar-refractivity contribution in [1.82, 2.24) is 0 Å². The van der Waals surface area contributed by atoms with Crippen LogP contribution in [0.3, 0.4) is 0 Å². The first-order chi connectivity index (χ1) is 31.0. The molecule has 0 unspecified atom stereocenters. The Labute approximate surface area is 536 Å². The molecule has 0 fully saturated rings. The van der Waals surface area contributed by atoms with Crippen molar-refractivity contribution < 1.29 is 214 Å². The Balaban J connectivity index is 0.00000408. The second-order valence-electron chi connectivity index (χ2n) is 16.4. The van der Waals surface area contributed by atoms with E-state index in [0.717, 1.165) is 99.0 Å². The standard InChI is InChI=1S/C47H52N2O12S4.3K/c1-46(2)40-26-20-36(34-16-22-38(23-17-34)63-61-59-51)32-42(40)48(28-10-12-30-62-60-58-50)44(46)14-8-6-5-7-9-15-45-47(3,4)41-27-21-37(35-18-24-39(25-19-35)65(55,56)57)33-43(41)49(45)29-11-13-31-64(52,53)54;;;/h5-9,14-27,32-33H,10-13,28-31H2,1-4H3,(H3-,50,51,52,53,54,55,56,57);;;/q;3*+1/p-3. The van der Waals surface area contributed by atoms with E-state index in [1.165, 1.54) is 17.7 Å². The Morgan fingerprint density at radius 1 is 0.662 bits per heavy atom. The molecule has 6 rings (SSSR count). The Morgan fingerprint density at radius 2 is 1.25 bits per heavy atom. The van der Waals surface area contributed by atoms with Crippen LogP contribution in [0, 0.1) is 0 Å². The predicted octanol–water partition coefficient (Wildman–Crippen LogP) is -1.13. The molecule has 21 heteroatoms. The van der Waals surface area contributed by atoms with Gasteiger partial charge in [-0.3, -0.25) is 10.1 Å². The topological polar surface area (TPSA) is 204 Å². The third-order valence-corrected chi connectivity index (χ3v) is 14.4. The maximum absolute atomic E-state index is 11.5. The summed E-state index contributed by atoms with van der Waals surface area (Å²) in [6.45, 7) is 9.80. The van der Waals surface area contributed by atoms with Crippen LogP contribution >= 0.6 is 24.1 Å². The Morgan fingerprint density at radius 3 is 1.88 bits per heavy atom. The molecule has 0 bridgehead atoms. The average Bonchev–Trinajstić information content (AvgIpc) is 3.61. The Kier molecular flexibility index (Phi) is 26.8. The molecule has 0 saturated carbocycles. The van der Waals surface area contributed by atoms with E-state index in [4.69, 9.17) is 0 Å². The molecule has 346 valence electrons. The third-order valence-electron chi connectivity index (χ3n) is 11.5. The van der Waals surface area contributed by atoms with Crippen molar-refractivity contribution in [2.45, 2.75) is 74.0 Å². The summed E-state index contributed by atoms with van der Waals surface area (Å²) in [6.07, 6.45) is 16.2. The molecule has 2 heterocycles. The van der Waals surface area contributed by atoms with Crippen LogP contribution in [0.15, 0.2) is 143 Å². The molecule has 0 aromatic heterocycles. The molecule has 0 aliphatic carbocycles. The smallest absolute Gasteiger partial charge is 0.748 e. The number of fused-ring (bicyclic) bond motifs is 2. The van der Waals surface area contributed by atoms with Crippen LogP contribution < -0.4 is 170 Å². The number of anilines is 1. The average molecular weight is 1080 g/mol. The van der Waals surface area contributed by atoms with Crippen LogP contribution in [0.25, 0.3) is 22.3 Å². The monoisotopic (exact) mass is 1080 g/mol. The molecule has 14 nitrogen and oxygen atoms in total. The predicted molar refractivity (Wildman–Crippen MR) is 246 cm³/mol. The zero-order valence-electron chi connectivity index (χ0n) is 39.2. The molecule has 0 spiro atoms. The number of hydrogen-bond acceptors (Lipinski definition) is 15. The molecule has 2 aliphatic rings. The Hall–Kier alpha value is 0.499. The molecule has 4 aromatic carbocycles. The zero-order chi connectivity index (χ0) is 46.8. The molecule has 0 radical (unpaired) electrons. The van der Waals surface area contributed by atoms with Crippen molar-refractivity contribution in [3.8, 4) is 22.3 Å². The fourth-order valence-corrected chi connectivity index (χ4v) is 10.1. The van der Waals surface area contributed by atoms with Gasteiger partial charge in [0.2, 0.25) is 5.69 Å². The molecule has 0 N–H and O–H groups in total. The molecule has 4 aromatic rings. The maximum atomic E-state index is 11.5. The largest absolute Gasteiger partial charge is 1.00 e. The van der Waals surface area contributed by atoms with Crippen LogP contribution in [0.1, 0.15) is 64.5 Å². The van der Waals surface area contributed by atoms with E-state index in [0.29, 0.717) is 18.7 Å². The van der Waals surface area contributed by atoms with Crippen molar-refractivity contribution in [2.75, 3.05) is 29.5 Å². The minimum Gasteiger partial charge on any atom is -0.748 e. The number of allylic oxidation sites excluding steroid dienone is 8. The van der Waals surface area contributed by atoms with Crippen LogP contribution in [0.4, 0.5) is 11.4 Å². The van der Waals surface area contributed by atoms with Crippen molar-refractivity contribution in [2.24, 2.45) is 0 Å². The molecular weight excluding hydrogens is 1030 g/mol. The maximum Gasteiger partial charge on any atom is 1.00 e. The first kappa shape index (κ1) is 62.8. The fraction of sp³-hybridized carbons (Fsp3) is 0.298. The summed E-state index contributed by atoms with van der Waals surface area (Å²) in [7, 11) is -8.96. The van der Waals surface area contributed by atoms with Gasteiger partial charge in [-0.05, 0) is 97.3 Å². The number of rotatable bonds is 22. The van der Waals surface area contributed by atoms with Crippen LogP contribution in [0.5, 0.6) is 0 Å². The van der Waals surface area contributed by atoms with Gasteiger partial charge in [-0.15, -0.1) is 0 Å². The van der Waals surface area contributed by atoms with Crippen molar-refractivity contribution in [3.05, 3.63) is 144 Å². The van der Waals surface area contributed by atoms with Gasteiger partial charge >= 0.3 is 154 Å². The van der Waals surface area contributed by atoms with Crippen molar-refractivity contribution in [1.29, 1.82) is 0 Å². The van der Waals surface area contributed by atoms with E-state index in [1.807, 2.05) is 78.9 Å². The summed E-state index contributed by atoms with van der Waals surface area (Å²) >= 11 is 1.81. The van der Waals surface area contributed by atoms with Gasteiger partial charge in [0.15, 0.2) is 5.71 Å². The first-order valence-corrected chi connectivity index (χ1v) is 25.3. The number of unbranched alkanes of at least 4 members (excludes halogenated alkanes) is 2. The van der Waals surface area contributed by atoms with Gasteiger partial charge in [-0.1, -0.05) is 92.8 Å². The quantitative estimate of drug-likeness (QED) is 0.0134. The van der Waals surface area contributed by atoms with Crippen molar-refractivity contribution >= 4 is 61.4 Å². The summed E-state index contributed by atoms with van der Waals surface area (Å²) in [5.41, 5.74) is 9.09. The number of hydrogen-bond donors (Lipinski definition) is 0. The minimum absolute atomic E-state index is 0. The van der Waals surface area contributed by atoms with Gasteiger partial charge in [0.05, 0.1) is 32.5 Å². The second-order valence-corrected chi connectivity index (χ2v) is 20.9. The first-order valence-electron chi connectivity index (χ1n) is 20.7. The number of benzene rings is 4. The third kappa shape index (κ3) is 16.8. The summed E-state index contributed by atoms with van der Waals surface area (Å²) in [4.78, 5) is 2.54. The molecule has 0 atom stereocenters. The molecule has 2 aliphatic heterocycles. The summed E-state index contributed by atoms with van der Waals surface area (Å²) in [5.74, 6) is 0.141. The normalized spacial score (nSPS) is 15.8. The van der Waals surface area contributed by atoms with Crippen molar-refractivity contribution in [3.63, 3.8) is 0 Å². The molecule has 0 saturated heterocycles. The molecule has 0 amide bonds. The minimum atomic E-state index is -4.60. The number of nitrogens with zero attached hydrogens (tertiary/aromatic N) is 2. The summed E-state index contributed by atoms with van der Waals surface area (Å²) in [6, 6.07) is 25.8. The van der Waals surface area contributed by atoms with Gasteiger partial charge in [-0.25, -0.2) is 16.8 Å². The fourth-order valence-electron chi connectivity index (χ4n) is 8.30. The van der Waals surface area contributed by atoms with Gasteiger partial charge < -0.3 is 24.5 Å². The SMILES string of the molecule is CC1(C)C(/C=C/C=C/C=C/C=C2/N(CCCCS(=O)(=O)[O-])c3cc(-c4ccc(S(=O)(=O)[O-])cc4)ccc3C2(C)C)=[N+](CCCCSOO[O-])c2cc(-c3ccc(SOO[O-])cc3)ccc21.[K+].[K+].[K+]. The van der Waals surface area contributed by atoms with E-state index in [1.54, 1.807) is 12.1 Å². The second kappa shape index (κ2) is 29.0. The van der Waals surface area contributed by atoms with Crippen LogP contribution in [-0.2, 0) is 49.8 Å². The Bertz CT molecular complexity index is 2710. The van der Waals surface area contributed by atoms with Gasteiger partial charge in [0.1, 0.15) is 16.7 Å². The van der Waals surface area contributed by atoms with E-state index in [9.17, 15) is 36.5 Å².